The van der Waals surface area contributed by atoms with E-state index in [4.69, 9.17) is 49.4 Å². The molecule has 2 heterocycles. The van der Waals surface area contributed by atoms with Crippen LogP contribution in [0.2, 0.25) is 15.1 Å². The minimum absolute atomic E-state index is 0.377. The molecule has 0 aliphatic carbocycles. The second kappa shape index (κ2) is 4.26. The average molecular weight is 255 g/mol. The lowest BCUT2D eigenvalue weighted by Crippen LogP contribution is -1.97. The predicted octanol–water partition coefficient (Wildman–Crippen LogP) is 3.84. The van der Waals surface area contributed by atoms with E-state index in [1.807, 2.05) is 0 Å². The molecule has 3 nitrogen and oxygen atoms in total. The molecule has 2 aliphatic rings. The van der Waals surface area contributed by atoms with E-state index in [1.54, 1.807) is 6.07 Å². The van der Waals surface area contributed by atoms with Gasteiger partial charge in [0.2, 0.25) is 0 Å². The van der Waals surface area contributed by atoms with Crippen molar-refractivity contribution >= 4 is 40.8 Å². The van der Waals surface area contributed by atoms with Crippen LogP contribution in [0.3, 0.4) is 0 Å². The number of halogens is 3. The number of aliphatic carboxylic acids is 1. The molecular weight excluding hydrogens is 250 g/mol. The lowest BCUT2D eigenvalue weighted by Gasteiger charge is -2.20. The Morgan fingerprint density at radius 3 is 1.71 bits per heavy atom. The Kier molecular flexibility index (Phi) is 3.48. The lowest BCUT2D eigenvalue weighted by atomic mass is 10.2. The molecule has 1 aromatic rings. The van der Waals surface area contributed by atoms with E-state index < -0.39 is 5.97 Å². The van der Waals surface area contributed by atoms with Crippen molar-refractivity contribution in [1.29, 1.82) is 0 Å². The molecule has 2 aliphatic heterocycles. The fraction of sp³-hybridized carbons (Fsp3) is 0.125. The first-order valence-electron chi connectivity index (χ1n) is 3.48. The Balaban J connectivity index is 0.000000213. The van der Waals surface area contributed by atoms with Gasteiger partial charge in [-0.2, -0.15) is 0 Å². The van der Waals surface area contributed by atoms with Crippen molar-refractivity contribution < 1.29 is 14.6 Å². The molecule has 0 unspecified atom stereocenters. The summed E-state index contributed by atoms with van der Waals surface area (Å²) in [5.41, 5.74) is 0. The third-order valence-corrected chi connectivity index (χ3v) is 2.62. The number of rotatable bonds is 0. The van der Waals surface area contributed by atoms with E-state index in [9.17, 15) is 0 Å². The van der Waals surface area contributed by atoms with Crippen LogP contribution < -0.4 is 4.74 Å². The Hall–Kier alpha value is -0.640. The van der Waals surface area contributed by atoms with E-state index in [0.29, 0.717) is 26.6 Å². The number of ether oxygens (including phenoxy) is 1. The molecule has 0 saturated carbocycles. The summed E-state index contributed by atoms with van der Waals surface area (Å²) in [5, 5.41) is 8.57. The van der Waals surface area contributed by atoms with Gasteiger partial charge in [0.05, 0.1) is 5.02 Å². The van der Waals surface area contributed by atoms with E-state index in [0.717, 1.165) is 6.92 Å². The van der Waals surface area contributed by atoms with Gasteiger partial charge in [-0.25, -0.2) is 0 Å². The Labute approximate surface area is 95.1 Å². The molecule has 6 heteroatoms. The highest BCUT2D eigenvalue weighted by Gasteiger charge is 2.24. The topological polar surface area (TPSA) is 46.5 Å². The van der Waals surface area contributed by atoms with Crippen LogP contribution in [0.25, 0.3) is 0 Å². The molecule has 3 rings (SSSR count). The molecule has 0 spiro atoms. The average Bonchev–Trinajstić information content (AvgIpc) is 1.95. The van der Waals surface area contributed by atoms with Crippen LogP contribution in [0.15, 0.2) is 6.07 Å². The van der Waals surface area contributed by atoms with Gasteiger partial charge in [-0.1, -0.05) is 34.8 Å². The maximum atomic E-state index is 9.00. The van der Waals surface area contributed by atoms with E-state index >= 15 is 0 Å². The molecule has 0 amide bonds. The van der Waals surface area contributed by atoms with Crippen LogP contribution in [0.5, 0.6) is 11.5 Å². The zero-order valence-electron chi connectivity index (χ0n) is 6.97. The number of carbonyl (C=O) groups is 1. The van der Waals surface area contributed by atoms with E-state index in [1.165, 1.54) is 0 Å². The maximum absolute atomic E-state index is 9.00. The molecule has 0 saturated heterocycles. The molecular formula is C8H5Cl3O3. The monoisotopic (exact) mass is 254 g/mol. The second-order valence-corrected chi connectivity index (χ2v) is 3.57. The largest absolute Gasteiger partial charge is 0.481 e. The van der Waals surface area contributed by atoms with Crippen molar-refractivity contribution in [2.24, 2.45) is 0 Å². The number of carboxylic acids is 1. The Bertz CT molecular complexity index is 354. The van der Waals surface area contributed by atoms with Gasteiger partial charge in [0.15, 0.2) is 11.5 Å². The zero-order chi connectivity index (χ0) is 10.9. The van der Waals surface area contributed by atoms with Gasteiger partial charge in [-0.05, 0) is 0 Å². The third-order valence-electron chi connectivity index (χ3n) is 1.30. The molecule has 76 valence electrons. The van der Waals surface area contributed by atoms with Crippen LogP contribution in [0.4, 0.5) is 0 Å². The highest BCUT2D eigenvalue weighted by atomic mass is 35.5. The standard InChI is InChI=1S/C6HCl3O.C2H4O2/c7-4-2-1-3(10-2)5(8)6(4)9;1-2(3)4/h1H;1H3,(H,3,4). The summed E-state index contributed by atoms with van der Waals surface area (Å²) in [6, 6.07) is 1.75. The Morgan fingerprint density at radius 2 is 1.50 bits per heavy atom. The number of carboxylic acid groups (broad SMARTS) is 1. The summed E-state index contributed by atoms with van der Waals surface area (Å²) in [7, 11) is 0. The summed E-state index contributed by atoms with van der Waals surface area (Å²) in [5.74, 6) is 0.372. The molecule has 1 N–H and O–H groups in total. The van der Waals surface area contributed by atoms with Gasteiger partial charge in [-0.15, -0.1) is 0 Å². The first-order chi connectivity index (χ1) is 6.43. The first kappa shape index (κ1) is 11.4. The van der Waals surface area contributed by atoms with Crippen LogP contribution >= 0.6 is 34.8 Å². The summed E-state index contributed by atoms with van der Waals surface area (Å²) in [6.45, 7) is 1.08. The van der Waals surface area contributed by atoms with Gasteiger partial charge in [0.1, 0.15) is 10.0 Å². The van der Waals surface area contributed by atoms with Crippen molar-refractivity contribution in [2.75, 3.05) is 0 Å². The number of benzene rings is 1. The minimum Gasteiger partial charge on any atom is -0.481 e. The maximum Gasteiger partial charge on any atom is 0.300 e. The second-order valence-electron chi connectivity index (χ2n) is 2.44. The fourth-order valence-electron chi connectivity index (χ4n) is 0.767. The van der Waals surface area contributed by atoms with Crippen LogP contribution in [-0.4, -0.2) is 11.1 Å². The third kappa shape index (κ3) is 2.23. The van der Waals surface area contributed by atoms with Crippen molar-refractivity contribution in [3.05, 3.63) is 21.1 Å². The number of hydrogen-bond acceptors (Lipinski definition) is 2. The molecule has 1 aromatic carbocycles. The molecule has 2 bridgehead atoms. The summed E-state index contributed by atoms with van der Waals surface area (Å²) < 4.78 is 5.00. The van der Waals surface area contributed by atoms with Crippen LogP contribution in [0, 0.1) is 0 Å². The molecule has 14 heavy (non-hydrogen) atoms. The van der Waals surface area contributed by atoms with Gasteiger partial charge in [-0.3, -0.25) is 4.79 Å². The summed E-state index contributed by atoms with van der Waals surface area (Å²) >= 11 is 17.1. The SMILES string of the molecule is CC(=O)O.Clc1c2cc(c(Cl)c1Cl)O2. The van der Waals surface area contributed by atoms with Crippen LogP contribution in [0.1, 0.15) is 6.92 Å². The Morgan fingerprint density at radius 1 is 1.21 bits per heavy atom. The van der Waals surface area contributed by atoms with E-state index in [2.05, 4.69) is 0 Å². The molecule has 0 fully saturated rings. The van der Waals surface area contributed by atoms with Gasteiger partial charge >= 0.3 is 0 Å². The van der Waals surface area contributed by atoms with Gasteiger partial charge in [0, 0.05) is 13.0 Å². The molecule has 0 aromatic heterocycles. The first-order valence-corrected chi connectivity index (χ1v) is 4.61. The normalized spacial score (nSPS) is 10.6. The quantitative estimate of drug-likeness (QED) is 0.727. The smallest absolute Gasteiger partial charge is 0.300 e. The predicted molar refractivity (Wildman–Crippen MR) is 54.9 cm³/mol. The number of hydrogen-bond donors (Lipinski definition) is 1. The van der Waals surface area contributed by atoms with Crippen molar-refractivity contribution in [2.45, 2.75) is 6.92 Å². The fourth-order valence-corrected chi connectivity index (χ4v) is 1.38. The highest BCUT2D eigenvalue weighted by Crippen LogP contribution is 2.51. The van der Waals surface area contributed by atoms with Crippen molar-refractivity contribution in [1.82, 2.24) is 0 Å². The van der Waals surface area contributed by atoms with Crippen LogP contribution in [-0.2, 0) is 4.79 Å². The summed E-state index contributed by atoms with van der Waals surface area (Å²) in [4.78, 5) is 9.00. The number of fused-ring (bicyclic) bond motifs is 2. The minimum atomic E-state index is -0.833. The van der Waals surface area contributed by atoms with Gasteiger partial charge in [0.25, 0.3) is 5.97 Å². The zero-order valence-corrected chi connectivity index (χ0v) is 9.24. The van der Waals surface area contributed by atoms with Crippen molar-refractivity contribution in [3.8, 4) is 11.5 Å². The lowest BCUT2D eigenvalue weighted by molar-refractivity contribution is -0.134. The molecule has 0 atom stereocenters. The van der Waals surface area contributed by atoms with Crippen molar-refractivity contribution in [3.63, 3.8) is 0 Å². The van der Waals surface area contributed by atoms with E-state index in [-0.39, 0.29) is 0 Å². The molecule has 0 radical (unpaired) electrons. The van der Waals surface area contributed by atoms with Gasteiger partial charge < -0.3 is 9.84 Å². The highest BCUT2D eigenvalue weighted by molar-refractivity contribution is 6.49. The summed E-state index contributed by atoms with van der Waals surface area (Å²) in [6.07, 6.45) is 0.